The molecule has 0 spiro atoms. The number of hydrogen-bond donors (Lipinski definition) is 2. The Morgan fingerprint density at radius 2 is 2.12 bits per heavy atom. The molecule has 0 aromatic heterocycles. The minimum atomic E-state index is -3.30. The van der Waals surface area contributed by atoms with Gasteiger partial charge in [0.25, 0.3) is 0 Å². The Balaban J connectivity index is 2.47. The molecule has 2 N–H and O–H groups in total. The molecule has 0 radical (unpaired) electrons. The van der Waals surface area contributed by atoms with Crippen LogP contribution in [0.1, 0.15) is 39.0 Å². The fraction of sp³-hybridized carbons (Fsp3) is 0.900. The Morgan fingerprint density at radius 3 is 2.56 bits per heavy atom. The van der Waals surface area contributed by atoms with Crippen molar-refractivity contribution in [3.63, 3.8) is 0 Å². The lowest BCUT2D eigenvalue weighted by molar-refractivity contribution is -0.137. The first-order chi connectivity index (χ1) is 7.43. The molecular formula is C10H19NO4S. The average molecular weight is 249 g/mol. The van der Waals surface area contributed by atoms with Gasteiger partial charge in [-0.3, -0.25) is 4.79 Å². The molecule has 94 valence electrons. The largest absolute Gasteiger partial charge is 0.481 e. The second kappa shape index (κ2) is 5.63. The number of hydrogen-bond acceptors (Lipinski definition) is 3. The van der Waals surface area contributed by atoms with Gasteiger partial charge in [-0.2, -0.15) is 0 Å². The summed E-state index contributed by atoms with van der Waals surface area (Å²) in [6.45, 7) is 1.91. The number of carboxylic acids is 1. The van der Waals surface area contributed by atoms with Crippen LogP contribution in [0.4, 0.5) is 0 Å². The van der Waals surface area contributed by atoms with E-state index < -0.39 is 22.0 Å². The number of nitrogens with one attached hydrogen (secondary N) is 1. The van der Waals surface area contributed by atoms with Gasteiger partial charge in [0.05, 0.1) is 12.2 Å². The number of rotatable bonds is 8. The maximum atomic E-state index is 11.6. The lowest BCUT2D eigenvalue weighted by atomic mass is 10.1. The highest BCUT2D eigenvalue weighted by molar-refractivity contribution is 7.89. The molecule has 0 aromatic carbocycles. The molecule has 0 bridgehead atoms. The van der Waals surface area contributed by atoms with E-state index in [4.69, 9.17) is 5.11 Å². The van der Waals surface area contributed by atoms with E-state index in [1.54, 1.807) is 0 Å². The van der Waals surface area contributed by atoms with E-state index in [9.17, 15) is 13.2 Å². The molecule has 1 rings (SSSR count). The predicted octanol–water partition coefficient (Wildman–Crippen LogP) is 0.959. The van der Waals surface area contributed by atoms with Crippen LogP contribution >= 0.6 is 0 Å². The van der Waals surface area contributed by atoms with Gasteiger partial charge in [0.2, 0.25) is 10.0 Å². The molecule has 0 aliphatic heterocycles. The lowest BCUT2D eigenvalue weighted by Crippen LogP contribution is -2.38. The van der Waals surface area contributed by atoms with Crippen LogP contribution in [0.3, 0.4) is 0 Å². The third kappa shape index (κ3) is 5.46. The van der Waals surface area contributed by atoms with Gasteiger partial charge >= 0.3 is 5.97 Å². The highest BCUT2D eigenvalue weighted by atomic mass is 32.2. The molecular weight excluding hydrogens is 230 g/mol. The zero-order chi connectivity index (χ0) is 12.2. The van der Waals surface area contributed by atoms with Crippen LogP contribution in [-0.4, -0.2) is 31.3 Å². The Hall–Kier alpha value is -0.620. The molecule has 0 aromatic rings. The third-order valence-electron chi connectivity index (χ3n) is 2.56. The SMILES string of the molecule is CCCC(CC(=O)O)NS(=O)(=O)CC1CC1. The van der Waals surface area contributed by atoms with Crippen LogP contribution in [0.25, 0.3) is 0 Å². The summed E-state index contributed by atoms with van der Waals surface area (Å²) in [4.78, 5) is 10.6. The van der Waals surface area contributed by atoms with Crippen molar-refractivity contribution in [2.75, 3.05) is 5.75 Å². The van der Waals surface area contributed by atoms with Crippen molar-refractivity contribution in [3.05, 3.63) is 0 Å². The normalized spacial score (nSPS) is 18.3. The Bertz CT molecular complexity index is 335. The van der Waals surface area contributed by atoms with Gasteiger partial charge in [-0.15, -0.1) is 0 Å². The third-order valence-corrected chi connectivity index (χ3v) is 4.16. The van der Waals surface area contributed by atoms with E-state index in [1.165, 1.54) is 0 Å². The molecule has 16 heavy (non-hydrogen) atoms. The monoisotopic (exact) mass is 249 g/mol. The second-order valence-electron chi connectivity index (χ2n) is 4.43. The average Bonchev–Trinajstić information content (AvgIpc) is 2.85. The maximum Gasteiger partial charge on any atom is 0.304 e. The summed E-state index contributed by atoms with van der Waals surface area (Å²) in [5.41, 5.74) is 0. The Kier molecular flexibility index (Phi) is 4.73. The number of carbonyl (C=O) groups is 1. The van der Waals surface area contributed by atoms with Crippen molar-refractivity contribution < 1.29 is 18.3 Å². The highest BCUT2D eigenvalue weighted by Crippen LogP contribution is 2.30. The molecule has 5 nitrogen and oxygen atoms in total. The van der Waals surface area contributed by atoms with Gasteiger partial charge < -0.3 is 5.11 Å². The summed E-state index contributed by atoms with van der Waals surface area (Å²) >= 11 is 0. The van der Waals surface area contributed by atoms with Gasteiger partial charge in [-0.25, -0.2) is 13.1 Å². The predicted molar refractivity (Wildman–Crippen MR) is 60.6 cm³/mol. The fourth-order valence-corrected chi connectivity index (χ4v) is 3.42. The van der Waals surface area contributed by atoms with Gasteiger partial charge in [0, 0.05) is 6.04 Å². The molecule has 1 fully saturated rings. The molecule has 1 saturated carbocycles. The van der Waals surface area contributed by atoms with Crippen molar-refractivity contribution in [2.24, 2.45) is 5.92 Å². The van der Waals surface area contributed by atoms with Crippen molar-refractivity contribution in [3.8, 4) is 0 Å². The van der Waals surface area contributed by atoms with Crippen LogP contribution in [0, 0.1) is 5.92 Å². The molecule has 6 heteroatoms. The summed E-state index contributed by atoms with van der Waals surface area (Å²) in [6, 6.07) is -0.466. The van der Waals surface area contributed by atoms with Crippen LogP contribution in [-0.2, 0) is 14.8 Å². The fourth-order valence-electron chi connectivity index (χ4n) is 1.66. The minimum Gasteiger partial charge on any atom is -0.481 e. The standard InChI is InChI=1S/C10H19NO4S/c1-2-3-9(6-10(12)13)11-16(14,15)7-8-4-5-8/h8-9,11H,2-7H2,1H3,(H,12,13). The first-order valence-corrected chi connectivity index (χ1v) is 7.30. The van der Waals surface area contributed by atoms with Crippen LogP contribution < -0.4 is 4.72 Å². The van der Waals surface area contributed by atoms with Crippen LogP contribution in [0.2, 0.25) is 0 Å². The lowest BCUT2D eigenvalue weighted by Gasteiger charge is -2.15. The molecule has 1 atom stereocenters. The summed E-state index contributed by atoms with van der Waals surface area (Å²) in [5.74, 6) is -0.538. The van der Waals surface area contributed by atoms with Crippen molar-refractivity contribution in [2.45, 2.75) is 45.1 Å². The first-order valence-electron chi connectivity index (χ1n) is 5.64. The molecule has 0 saturated heterocycles. The molecule has 1 unspecified atom stereocenters. The van der Waals surface area contributed by atoms with E-state index in [0.29, 0.717) is 6.42 Å². The smallest absolute Gasteiger partial charge is 0.304 e. The van der Waals surface area contributed by atoms with E-state index >= 15 is 0 Å². The number of sulfonamides is 1. The van der Waals surface area contributed by atoms with E-state index in [-0.39, 0.29) is 18.1 Å². The van der Waals surface area contributed by atoms with Gasteiger partial charge in [0.1, 0.15) is 0 Å². The zero-order valence-electron chi connectivity index (χ0n) is 9.48. The zero-order valence-corrected chi connectivity index (χ0v) is 10.3. The number of carboxylic acid groups (broad SMARTS) is 1. The summed E-state index contributed by atoms with van der Waals surface area (Å²) < 4.78 is 25.8. The topological polar surface area (TPSA) is 83.5 Å². The quantitative estimate of drug-likeness (QED) is 0.671. The summed E-state index contributed by atoms with van der Waals surface area (Å²) in [5, 5.41) is 8.67. The van der Waals surface area contributed by atoms with E-state index in [2.05, 4.69) is 4.72 Å². The van der Waals surface area contributed by atoms with Crippen LogP contribution in [0.5, 0.6) is 0 Å². The van der Waals surface area contributed by atoms with Crippen molar-refractivity contribution in [1.82, 2.24) is 4.72 Å². The van der Waals surface area contributed by atoms with Gasteiger partial charge in [-0.1, -0.05) is 13.3 Å². The molecule has 1 aliphatic carbocycles. The van der Waals surface area contributed by atoms with Gasteiger partial charge in [-0.05, 0) is 25.2 Å². The van der Waals surface area contributed by atoms with Crippen molar-refractivity contribution >= 4 is 16.0 Å². The van der Waals surface area contributed by atoms with Crippen LogP contribution in [0.15, 0.2) is 0 Å². The molecule has 1 aliphatic rings. The second-order valence-corrected chi connectivity index (χ2v) is 6.22. The van der Waals surface area contributed by atoms with E-state index in [0.717, 1.165) is 19.3 Å². The molecule has 0 heterocycles. The first kappa shape index (κ1) is 13.4. The Morgan fingerprint density at radius 1 is 1.50 bits per heavy atom. The van der Waals surface area contributed by atoms with Gasteiger partial charge in [0.15, 0.2) is 0 Å². The van der Waals surface area contributed by atoms with Crippen molar-refractivity contribution in [1.29, 1.82) is 0 Å². The Labute approximate surface area is 96.3 Å². The maximum absolute atomic E-state index is 11.6. The molecule has 0 amide bonds. The number of aliphatic carboxylic acids is 1. The minimum absolute atomic E-state index is 0.141. The summed E-state index contributed by atoms with van der Waals surface area (Å²) in [7, 11) is -3.30. The van der Waals surface area contributed by atoms with E-state index in [1.807, 2.05) is 6.92 Å². The highest BCUT2D eigenvalue weighted by Gasteiger charge is 2.29. The summed E-state index contributed by atoms with van der Waals surface area (Å²) in [6.07, 6.45) is 3.13.